The minimum absolute atomic E-state index is 0.178. The van der Waals surface area contributed by atoms with Crippen LogP contribution in [0.1, 0.15) is 44.2 Å². The molecule has 0 aromatic carbocycles. The second-order valence-electron chi connectivity index (χ2n) is 8.26. The zero-order valence-electron chi connectivity index (χ0n) is 17.3. The lowest BCUT2D eigenvalue weighted by molar-refractivity contribution is -0.139. The maximum atomic E-state index is 9.97. The van der Waals surface area contributed by atoms with Gasteiger partial charge in [0.25, 0.3) is 0 Å². The van der Waals surface area contributed by atoms with E-state index in [9.17, 15) is 5.11 Å². The lowest BCUT2D eigenvalue weighted by Crippen LogP contribution is -2.37. The molecule has 1 N–H and O–H groups in total. The molecule has 158 valence electrons. The Kier molecular flexibility index (Phi) is 4.92. The highest BCUT2D eigenvalue weighted by atomic mass is 16.7. The van der Waals surface area contributed by atoms with Gasteiger partial charge in [-0.05, 0) is 44.9 Å². The normalized spacial score (nSPS) is 24.1. The van der Waals surface area contributed by atoms with Crippen molar-refractivity contribution in [3.05, 3.63) is 41.6 Å². The van der Waals surface area contributed by atoms with Crippen LogP contribution in [0.4, 0.5) is 5.82 Å². The summed E-state index contributed by atoms with van der Waals surface area (Å²) in [6.45, 7) is 7.14. The number of aromatic nitrogens is 3. The van der Waals surface area contributed by atoms with Gasteiger partial charge >= 0.3 is 0 Å². The lowest BCUT2D eigenvalue weighted by atomic mass is 10.0. The Balaban J connectivity index is 1.60. The van der Waals surface area contributed by atoms with E-state index in [1.165, 1.54) is 0 Å². The molecule has 0 saturated carbocycles. The summed E-state index contributed by atoms with van der Waals surface area (Å²) in [5.41, 5.74) is 3.39. The summed E-state index contributed by atoms with van der Waals surface area (Å²) >= 11 is 0. The Morgan fingerprint density at radius 2 is 2.03 bits per heavy atom. The smallest absolute Gasteiger partial charge is 0.163 e. The number of allylic oxidation sites excluding steroid dienone is 3. The summed E-state index contributed by atoms with van der Waals surface area (Å²) in [4.78, 5) is 16.6. The summed E-state index contributed by atoms with van der Waals surface area (Å²) in [7, 11) is 0. The number of hydrogen-bond acceptors (Lipinski definition) is 8. The lowest BCUT2D eigenvalue weighted by Gasteiger charge is -2.29. The molecule has 30 heavy (non-hydrogen) atoms. The third kappa shape index (κ3) is 3.78. The van der Waals surface area contributed by atoms with Crippen molar-refractivity contribution in [1.29, 1.82) is 0 Å². The maximum Gasteiger partial charge on any atom is 0.163 e. The van der Waals surface area contributed by atoms with Gasteiger partial charge in [-0.25, -0.2) is 9.97 Å². The van der Waals surface area contributed by atoms with E-state index in [2.05, 4.69) is 4.90 Å². The van der Waals surface area contributed by atoms with Crippen molar-refractivity contribution in [3.63, 3.8) is 0 Å². The Morgan fingerprint density at radius 3 is 2.77 bits per heavy atom. The van der Waals surface area contributed by atoms with Gasteiger partial charge in [0.2, 0.25) is 0 Å². The molecule has 2 fully saturated rings. The van der Waals surface area contributed by atoms with Crippen molar-refractivity contribution < 1.29 is 19.3 Å². The van der Waals surface area contributed by atoms with Gasteiger partial charge in [-0.15, -0.1) is 0 Å². The molecule has 1 unspecified atom stereocenters. The third-order valence-corrected chi connectivity index (χ3v) is 5.61. The Morgan fingerprint density at radius 1 is 1.20 bits per heavy atom. The Bertz CT molecular complexity index is 1030. The van der Waals surface area contributed by atoms with Crippen molar-refractivity contribution in [1.82, 2.24) is 15.0 Å². The van der Waals surface area contributed by atoms with Crippen LogP contribution in [0.25, 0.3) is 16.6 Å². The van der Waals surface area contributed by atoms with Crippen LogP contribution in [0.3, 0.4) is 0 Å². The first-order valence-electron chi connectivity index (χ1n) is 10.4. The van der Waals surface area contributed by atoms with E-state index in [0.29, 0.717) is 25.6 Å². The van der Waals surface area contributed by atoms with E-state index in [0.717, 1.165) is 53.9 Å². The predicted octanol–water partition coefficient (Wildman–Crippen LogP) is 3.30. The number of hydrogen-bond donors (Lipinski definition) is 1. The standard InChI is InChI=1S/C22H26N4O4/c1-22(2)29-13-18(30-22)15-11-17-19(23-12-15)21(26-6-8-28-9-7-26)25-20(24-17)14-4-3-5-16(27)10-14/h5,10-12,18,27H,3-4,6-9,13H2,1-2H3. The quantitative estimate of drug-likeness (QED) is 0.824. The average Bonchev–Trinajstić information content (AvgIpc) is 3.13. The van der Waals surface area contributed by atoms with Crippen molar-refractivity contribution in [2.75, 3.05) is 37.8 Å². The summed E-state index contributed by atoms with van der Waals surface area (Å²) in [5, 5.41) is 9.97. The van der Waals surface area contributed by atoms with Gasteiger partial charge in [-0.1, -0.05) is 0 Å². The molecule has 8 nitrogen and oxygen atoms in total. The number of fused-ring (bicyclic) bond motifs is 1. The molecule has 0 radical (unpaired) electrons. The number of nitrogens with zero attached hydrogens (tertiary/aromatic N) is 4. The first-order valence-corrected chi connectivity index (χ1v) is 10.4. The summed E-state index contributed by atoms with van der Waals surface area (Å²) in [6.07, 6.45) is 6.78. The van der Waals surface area contributed by atoms with E-state index in [-0.39, 0.29) is 11.9 Å². The number of pyridine rings is 1. The van der Waals surface area contributed by atoms with E-state index >= 15 is 0 Å². The van der Waals surface area contributed by atoms with Gasteiger partial charge in [-0.3, -0.25) is 4.98 Å². The van der Waals surface area contributed by atoms with Gasteiger partial charge in [0.1, 0.15) is 17.4 Å². The SMILES string of the molecule is CC1(C)OCC(c2cnc3c(N4CCOCC4)nc(C4=CC(O)=CCC4)nc3c2)O1. The van der Waals surface area contributed by atoms with Gasteiger partial charge in [0, 0.05) is 30.4 Å². The maximum absolute atomic E-state index is 9.97. The highest BCUT2D eigenvalue weighted by Crippen LogP contribution is 2.35. The second kappa shape index (κ2) is 7.61. The molecular weight excluding hydrogens is 384 g/mol. The Hall–Kier alpha value is -2.55. The van der Waals surface area contributed by atoms with E-state index in [1.54, 1.807) is 6.08 Å². The van der Waals surface area contributed by atoms with Crippen molar-refractivity contribution in [2.45, 2.75) is 38.6 Å². The first kappa shape index (κ1) is 19.4. The van der Waals surface area contributed by atoms with Crippen LogP contribution in [-0.2, 0) is 14.2 Å². The third-order valence-electron chi connectivity index (χ3n) is 5.61. The molecule has 0 bridgehead atoms. The van der Waals surface area contributed by atoms with Crippen molar-refractivity contribution >= 4 is 22.4 Å². The molecule has 2 aromatic heterocycles. The molecule has 8 heteroatoms. The fraction of sp³-hybridized carbons (Fsp3) is 0.500. The van der Waals surface area contributed by atoms with Crippen LogP contribution < -0.4 is 4.90 Å². The van der Waals surface area contributed by atoms with Gasteiger partial charge in [0.05, 0.1) is 25.3 Å². The molecule has 0 amide bonds. The number of morpholine rings is 1. The number of ether oxygens (including phenoxy) is 3. The summed E-state index contributed by atoms with van der Waals surface area (Å²) in [6, 6.07) is 2.02. The zero-order chi connectivity index (χ0) is 20.7. The predicted molar refractivity (Wildman–Crippen MR) is 112 cm³/mol. The van der Waals surface area contributed by atoms with Crippen LogP contribution in [0.2, 0.25) is 0 Å². The highest BCUT2D eigenvalue weighted by molar-refractivity contribution is 5.87. The van der Waals surface area contributed by atoms with E-state index in [4.69, 9.17) is 29.2 Å². The molecule has 3 aliphatic rings. The zero-order valence-corrected chi connectivity index (χ0v) is 17.3. The second-order valence-corrected chi connectivity index (χ2v) is 8.26. The van der Waals surface area contributed by atoms with Crippen LogP contribution in [0.15, 0.2) is 30.2 Å². The molecule has 0 spiro atoms. The highest BCUT2D eigenvalue weighted by Gasteiger charge is 2.34. The molecule has 5 rings (SSSR count). The molecule has 2 aromatic rings. The minimum Gasteiger partial charge on any atom is -0.508 e. The average molecular weight is 410 g/mol. The molecule has 2 saturated heterocycles. The van der Waals surface area contributed by atoms with Crippen LogP contribution in [0.5, 0.6) is 0 Å². The van der Waals surface area contributed by atoms with E-state index < -0.39 is 5.79 Å². The largest absolute Gasteiger partial charge is 0.508 e. The monoisotopic (exact) mass is 410 g/mol. The summed E-state index contributed by atoms with van der Waals surface area (Å²) in [5.74, 6) is 1.10. The molecule has 4 heterocycles. The molecule has 1 atom stereocenters. The minimum atomic E-state index is -0.605. The number of aliphatic hydroxyl groups is 1. The van der Waals surface area contributed by atoms with Crippen LogP contribution in [-0.4, -0.2) is 58.8 Å². The van der Waals surface area contributed by atoms with E-state index in [1.807, 2.05) is 32.2 Å². The fourth-order valence-electron chi connectivity index (χ4n) is 4.05. The van der Waals surface area contributed by atoms with Crippen LogP contribution >= 0.6 is 0 Å². The van der Waals surface area contributed by atoms with Gasteiger partial charge in [0.15, 0.2) is 17.4 Å². The van der Waals surface area contributed by atoms with Crippen LogP contribution in [0, 0.1) is 0 Å². The van der Waals surface area contributed by atoms with Gasteiger partial charge < -0.3 is 24.2 Å². The molecular formula is C22H26N4O4. The summed E-state index contributed by atoms with van der Waals surface area (Å²) < 4.78 is 17.2. The number of aliphatic hydroxyl groups excluding tert-OH is 1. The fourth-order valence-corrected chi connectivity index (χ4v) is 4.05. The first-order chi connectivity index (χ1) is 14.5. The molecule has 1 aliphatic carbocycles. The topological polar surface area (TPSA) is 89.8 Å². The number of anilines is 1. The molecule has 2 aliphatic heterocycles. The van der Waals surface area contributed by atoms with Gasteiger partial charge in [-0.2, -0.15) is 0 Å². The van der Waals surface area contributed by atoms with Crippen molar-refractivity contribution in [3.8, 4) is 0 Å². The number of rotatable bonds is 3. The Labute approximate surface area is 175 Å². The van der Waals surface area contributed by atoms with Crippen molar-refractivity contribution in [2.24, 2.45) is 0 Å².